The van der Waals surface area contributed by atoms with Gasteiger partial charge in [-0.2, -0.15) is 4.98 Å². The summed E-state index contributed by atoms with van der Waals surface area (Å²) in [4.78, 5) is 8.46. The maximum Gasteiger partial charge on any atom is 0.226 e. The molecule has 0 aromatic carbocycles. The number of nitrogens with one attached hydrogen (secondary N) is 2. The third kappa shape index (κ3) is 10.5. The van der Waals surface area contributed by atoms with Crippen LogP contribution in [-0.2, 0) is 6.42 Å². The Hall–Kier alpha value is -0.860. The van der Waals surface area contributed by atoms with Gasteiger partial charge in [0.25, 0.3) is 0 Å². The van der Waals surface area contributed by atoms with Gasteiger partial charge in [-0.3, -0.25) is 4.99 Å². The van der Waals surface area contributed by atoms with E-state index in [1.54, 1.807) is 7.05 Å². The zero-order chi connectivity index (χ0) is 16.4. The average Bonchev–Trinajstić information content (AvgIpc) is 2.87. The van der Waals surface area contributed by atoms with E-state index in [2.05, 4.69) is 46.5 Å². The fourth-order valence-corrected chi connectivity index (χ4v) is 2.22. The highest BCUT2D eigenvalue weighted by Gasteiger charge is 2.06. The van der Waals surface area contributed by atoms with E-state index in [0.717, 1.165) is 31.3 Å². The van der Waals surface area contributed by atoms with Gasteiger partial charge in [0.2, 0.25) is 5.89 Å². The Bertz CT molecular complexity index is 447. The zero-order valence-electron chi connectivity index (χ0n) is 15.1. The summed E-state index contributed by atoms with van der Waals surface area (Å²) >= 11 is 0. The number of aromatic nitrogens is 2. The van der Waals surface area contributed by atoms with Crippen LogP contribution in [0.25, 0.3) is 0 Å². The van der Waals surface area contributed by atoms with Gasteiger partial charge in [0.05, 0.1) is 0 Å². The SMILES string of the molecule is CN=C(NCCCc1nc(C)no1)NC(C)CCCC(C)C.I. The molecule has 6 nitrogen and oxygen atoms in total. The summed E-state index contributed by atoms with van der Waals surface area (Å²) in [6.45, 7) is 9.40. The fourth-order valence-electron chi connectivity index (χ4n) is 2.22. The number of hydrogen-bond acceptors (Lipinski definition) is 4. The molecule has 1 aromatic rings. The maximum absolute atomic E-state index is 5.09. The quantitative estimate of drug-likeness (QED) is 0.268. The molecular formula is C16H32IN5O. The van der Waals surface area contributed by atoms with Gasteiger partial charge in [-0.05, 0) is 32.6 Å². The molecule has 0 saturated heterocycles. The zero-order valence-corrected chi connectivity index (χ0v) is 17.4. The minimum absolute atomic E-state index is 0. The Morgan fingerprint density at radius 3 is 2.52 bits per heavy atom. The summed E-state index contributed by atoms with van der Waals surface area (Å²) in [5.74, 6) is 3.02. The molecule has 0 bridgehead atoms. The predicted octanol–water partition coefficient (Wildman–Crippen LogP) is 3.31. The van der Waals surface area contributed by atoms with Crippen LogP contribution in [0.1, 0.15) is 58.2 Å². The van der Waals surface area contributed by atoms with Crippen molar-refractivity contribution in [2.24, 2.45) is 10.9 Å². The monoisotopic (exact) mass is 437 g/mol. The highest BCUT2D eigenvalue weighted by molar-refractivity contribution is 14.0. The van der Waals surface area contributed by atoms with Gasteiger partial charge in [0.1, 0.15) is 0 Å². The van der Waals surface area contributed by atoms with E-state index in [-0.39, 0.29) is 24.0 Å². The van der Waals surface area contributed by atoms with Crippen molar-refractivity contribution in [1.82, 2.24) is 20.8 Å². The normalized spacial score (nSPS) is 12.9. The van der Waals surface area contributed by atoms with Crippen molar-refractivity contribution in [3.63, 3.8) is 0 Å². The summed E-state index contributed by atoms with van der Waals surface area (Å²) < 4.78 is 5.09. The standard InChI is InChI=1S/C16H31N5O.HI/c1-12(2)8-6-9-13(3)19-16(17-5)18-11-7-10-15-20-14(4)21-22-15;/h12-13H,6-11H2,1-5H3,(H2,17,18,19);1H. The number of nitrogens with zero attached hydrogens (tertiary/aromatic N) is 3. The molecule has 23 heavy (non-hydrogen) atoms. The third-order valence-electron chi connectivity index (χ3n) is 3.45. The van der Waals surface area contributed by atoms with Crippen LogP contribution in [0.4, 0.5) is 0 Å². The van der Waals surface area contributed by atoms with Crippen LogP contribution in [0.3, 0.4) is 0 Å². The Morgan fingerprint density at radius 1 is 1.22 bits per heavy atom. The first-order valence-electron chi connectivity index (χ1n) is 8.27. The second-order valence-corrected chi connectivity index (χ2v) is 6.21. The largest absolute Gasteiger partial charge is 0.356 e. The Balaban J connectivity index is 0.00000484. The van der Waals surface area contributed by atoms with E-state index in [1.165, 1.54) is 19.3 Å². The van der Waals surface area contributed by atoms with Gasteiger partial charge in [-0.15, -0.1) is 24.0 Å². The van der Waals surface area contributed by atoms with Crippen LogP contribution in [0.15, 0.2) is 9.52 Å². The molecular weight excluding hydrogens is 405 g/mol. The maximum atomic E-state index is 5.09. The van der Waals surface area contributed by atoms with E-state index < -0.39 is 0 Å². The lowest BCUT2D eigenvalue weighted by Crippen LogP contribution is -2.42. The molecule has 7 heteroatoms. The highest BCUT2D eigenvalue weighted by Crippen LogP contribution is 2.08. The number of rotatable bonds is 9. The van der Waals surface area contributed by atoms with E-state index in [1.807, 2.05) is 6.92 Å². The number of aryl methyl sites for hydroxylation is 2. The Kier molecular flexibility index (Phi) is 12.1. The molecule has 2 N–H and O–H groups in total. The molecule has 0 saturated carbocycles. The molecule has 0 aliphatic heterocycles. The fraction of sp³-hybridized carbons (Fsp3) is 0.812. The van der Waals surface area contributed by atoms with Gasteiger partial charge < -0.3 is 15.2 Å². The number of hydrogen-bond donors (Lipinski definition) is 2. The molecule has 0 amide bonds. The molecule has 0 radical (unpaired) electrons. The molecule has 1 atom stereocenters. The van der Waals surface area contributed by atoms with Crippen molar-refractivity contribution >= 4 is 29.9 Å². The minimum atomic E-state index is 0. The molecule has 1 aromatic heterocycles. The van der Waals surface area contributed by atoms with Crippen LogP contribution in [0.5, 0.6) is 0 Å². The van der Waals surface area contributed by atoms with Crippen molar-refractivity contribution in [3.8, 4) is 0 Å². The molecule has 1 rings (SSSR count). The third-order valence-corrected chi connectivity index (χ3v) is 3.45. The van der Waals surface area contributed by atoms with Gasteiger partial charge in [0, 0.05) is 26.1 Å². The van der Waals surface area contributed by atoms with Gasteiger partial charge in [-0.1, -0.05) is 31.8 Å². The van der Waals surface area contributed by atoms with Crippen molar-refractivity contribution in [3.05, 3.63) is 11.7 Å². The van der Waals surface area contributed by atoms with Crippen molar-refractivity contribution in [1.29, 1.82) is 0 Å². The van der Waals surface area contributed by atoms with E-state index in [0.29, 0.717) is 17.8 Å². The average molecular weight is 437 g/mol. The lowest BCUT2D eigenvalue weighted by molar-refractivity contribution is 0.372. The van der Waals surface area contributed by atoms with E-state index in [9.17, 15) is 0 Å². The topological polar surface area (TPSA) is 75.3 Å². The summed E-state index contributed by atoms with van der Waals surface area (Å²) in [5, 5.41) is 10.5. The molecule has 1 heterocycles. The van der Waals surface area contributed by atoms with Crippen molar-refractivity contribution in [2.45, 2.75) is 65.8 Å². The molecule has 1 unspecified atom stereocenters. The van der Waals surface area contributed by atoms with Gasteiger partial charge in [-0.25, -0.2) is 0 Å². The van der Waals surface area contributed by atoms with Crippen LogP contribution in [0, 0.1) is 12.8 Å². The molecule has 0 aliphatic carbocycles. The second kappa shape index (κ2) is 12.5. The summed E-state index contributed by atoms with van der Waals surface area (Å²) in [6.07, 6.45) is 5.42. The van der Waals surface area contributed by atoms with Crippen molar-refractivity contribution in [2.75, 3.05) is 13.6 Å². The first-order valence-corrected chi connectivity index (χ1v) is 8.27. The number of halogens is 1. The lowest BCUT2D eigenvalue weighted by Gasteiger charge is -2.18. The molecule has 0 aliphatic rings. The molecule has 134 valence electrons. The summed E-state index contributed by atoms with van der Waals surface area (Å²) in [6, 6.07) is 0.434. The van der Waals surface area contributed by atoms with Crippen molar-refractivity contribution < 1.29 is 4.52 Å². The van der Waals surface area contributed by atoms with Gasteiger partial charge >= 0.3 is 0 Å². The summed E-state index contributed by atoms with van der Waals surface area (Å²) in [5.41, 5.74) is 0. The smallest absolute Gasteiger partial charge is 0.226 e. The number of guanidine groups is 1. The Labute approximate surface area is 157 Å². The van der Waals surface area contributed by atoms with Crippen LogP contribution in [-0.4, -0.2) is 35.7 Å². The second-order valence-electron chi connectivity index (χ2n) is 6.21. The molecule has 0 fully saturated rings. The Morgan fingerprint density at radius 2 is 1.96 bits per heavy atom. The highest BCUT2D eigenvalue weighted by atomic mass is 127. The predicted molar refractivity (Wildman–Crippen MR) is 105 cm³/mol. The van der Waals surface area contributed by atoms with Crippen LogP contribution < -0.4 is 10.6 Å². The first kappa shape index (κ1) is 22.1. The van der Waals surface area contributed by atoms with E-state index >= 15 is 0 Å². The number of aliphatic imine (C=N–C) groups is 1. The molecule has 0 spiro atoms. The van der Waals surface area contributed by atoms with E-state index in [4.69, 9.17) is 4.52 Å². The first-order chi connectivity index (χ1) is 10.5. The minimum Gasteiger partial charge on any atom is -0.356 e. The van der Waals surface area contributed by atoms with Crippen LogP contribution >= 0.6 is 24.0 Å². The van der Waals surface area contributed by atoms with Gasteiger partial charge in [0.15, 0.2) is 11.8 Å². The van der Waals surface area contributed by atoms with Crippen LogP contribution in [0.2, 0.25) is 0 Å². The lowest BCUT2D eigenvalue weighted by atomic mass is 10.0. The summed E-state index contributed by atoms with van der Waals surface area (Å²) in [7, 11) is 1.80.